The van der Waals surface area contributed by atoms with Crippen molar-refractivity contribution in [3.05, 3.63) is 95.1 Å². The molecule has 1 heterocycles. The molecule has 1 aliphatic carbocycles. The summed E-state index contributed by atoms with van der Waals surface area (Å²) in [7, 11) is 0. The summed E-state index contributed by atoms with van der Waals surface area (Å²) < 4.78 is 15.5. The van der Waals surface area contributed by atoms with Gasteiger partial charge in [0.2, 0.25) is 5.91 Å². The van der Waals surface area contributed by atoms with Crippen molar-refractivity contribution in [1.82, 2.24) is 14.4 Å². The molecule has 3 aromatic rings. The Hall–Kier alpha value is -3.41. The van der Waals surface area contributed by atoms with Crippen LogP contribution in [0.2, 0.25) is 0 Å². The summed E-state index contributed by atoms with van der Waals surface area (Å²) in [5.74, 6) is 0.0910. The van der Waals surface area contributed by atoms with Gasteiger partial charge in [0.05, 0.1) is 6.54 Å². The van der Waals surface area contributed by atoms with Crippen molar-refractivity contribution in [3.63, 3.8) is 0 Å². The molecular formula is C33H42FN3O2. The van der Waals surface area contributed by atoms with E-state index in [4.69, 9.17) is 0 Å². The highest BCUT2D eigenvalue weighted by Crippen LogP contribution is 2.25. The second-order valence-corrected chi connectivity index (χ2v) is 11.3. The maximum atomic E-state index is 14.0. The van der Waals surface area contributed by atoms with Gasteiger partial charge in [-0.05, 0) is 74.1 Å². The van der Waals surface area contributed by atoms with E-state index in [9.17, 15) is 14.0 Å². The molecule has 0 atom stereocenters. The van der Waals surface area contributed by atoms with Crippen molar-refractivity contribution >= 4 is 11.8 Å². The van der Waals surface area contributed by atoms with E-state index in [-0.39, 0.29) is 30.2 Å². The van der Waals surface area contributed by atoms with Crippen molar-refractivity contribution < 1.29 is 14.0 Å². The zero-order chi connectivity index (χ0) is 27.8. The third-order valence-electron chi connectivity index (χ3n) is 7.75. The standard InChI is InChI=1S/C33H42FN3O2/c1-25(2)19-21-36(33(39)28-15-11-26(3)12-16-28)24-32(38)37(30-8-5-4-6-9-30)23-31-10-7-20-35(31)22-27-13-17-29(34)18-14-27/h7,10-18,20,25,30H,4-6,8-9,19,21-24H2,1-3H3. The number of aromatic nitrogens is 1. The van der Waals surface area contributed by atoms with Gasteiger partial charge in [0, 0.05) is 36.6 Å². The maximum Gasteiger partial charge on any atom is 0.254 e. The molecule has 4 rings (SSSR count). The number of aryl methyl sites for hydroxylation is 1. The number of carbonyl (C=O) groups excluding carboxylic acids is 2. The summed E-state index contributed by atoms with van der Waals surface area (Å²) in [6, 6.07) is 18.4. The third kappa shape index (κ3) is 8.04. The molecule has 1 fully saturated rings. The Morgan fingerprint density at radius 1 is 0.974 bits per heavy atom. The molecule has 6 heteroatoms. The number of halogens is 1. The number of nitrogens with zero attached hydrogens (tertiary/aromatic N) is 3. The van der Waals surface area contributed by atoms with Gasteiger partial charge in [0.1, 0.15) is 12.4 Å². The van der Waals surface area contributed by atoms with Gasteiger partial charge in [-0.2, -0.15) is 0 Å². The molecular weight excluding hydrogens is 489 g/mol. The molecule has 0 bridgehead atoms. The van der Waals surface area contributed by atoms with Gasteiger partial charge < -0.3 is 14.4 Å². The van der Waals surface area contributed by atoms with Crippen molar-refractivity contribution in [2.24, 2.45) is 5.92 Å². The van der Waals surface area contributed by atoms with Crippen LogP contribution < -0.4 is 0 Å². The third-order valence-corrected chi connectivity index (χ3v) is 7.75. The average molecular weight is 532 g/mol. The number of hydrogen-bond acceptors (Lipinski definition) is 2. The molecule has 2 amide bonds. The Morgan fingerprint density at radius 2 is 1.67 bits per heavy atom. The molecule has 0 spiro atoms. The minimum Gasteiger partial charge on any atom is -0.345 e. The van der Waals surface area contributed by atoms with Gasteiger partial charge in [-0.25, -0.2) is 4.39 Å². The first-order valence-electron chi connectivity index (χ1n) is 14.3. The first kappa shape index (κ1) is 28.6. The van der Waals surface area contributed by atoms with Crippen LogP contribution in [0.3, 0.4) is 0 Å². The van der Waals surface area contributed by atoms with Crippen LogP contribution in [0.1, 0.15) is 79.6 Å². The molecule has 208 valence electrons. The summed E-state index contributed by atoms with van der Waals surface area (Å²) in [6.45, 7) is 8.02. The van der Waals surface area contributed by atoms with Crippen molar-refractivity contribution in [2.75, 3.05) is 13.1 Å². The fraction of sp³-hybridized carbons (Fsp3) is 0.455. The van der Waals surface area contributed by atoms with Gasteiger partial charge in [0.25, 0.3) is 5.91 Å². The molecule has 0 saturated heterocycles. The van der Waals surface area contributed by atoms with Crippen molar-refractivity contribution in [1.29, 1.82) is 0 Å². The number of amides is 2. The first-order valence-corrected chi connectivity index (χ1v) is 14.3. The first-order chi connectivity index (χ1) is 18.8. The zero-order valence-electron chi connectivity index (χ0n) is 23.6. The average Bonchev–Trinajstić information content (AvgIpc) is 3.37. The fourth-order valence-electron chi connectivity index (χ4n) is 5.32. The minimum atomic E-state index is -0.247. The lowest BCUT2D eigenvalue weighted by Crippen LogP contribution is -2.48. The van der Waals surface area contributed by atoms with Crippen LogP contribution in [-0.4, -0.2) is 45.3 Å². The minimum absolute atomic E-state index is 0.000602. The number of benzene rings is 2. The van der Waals surface area contributed by atoms with E-state index in [2.05, 4.69) is 24.5 Å². The molecule has 0 N–H and O–H groups in total. The van der Waals surface area contributed by atoms with E-state index >= 15 is 0 Å². The van der Waals surface area contributed by atoms with Crippen LogP contribution in [0.15, 0.2) is 66.9 Å². The lowest BCUT2D eigenvalue weighted by atomic mass is 9.94. The second kappa shape index (κ2) is 13.6. The molecule has 0 unspecified atom stereocenters. The highest BCUT2D eigenvalue weighted by Gasteiger charge is 2.29. The second-order valence-electron chi connectivity index (χ2n) is 11.3. The number of hydrogen-bond donors (Lipinski definition) is 0. The molecule has 39 heavy (non-hydrogen) atoms. The highest BCUT2D eigenvalue weighted by molar-refractivity contribution is 5.96. The Balaban J connectivity index is 1.55. The Kier molecular flexibility index (Phi) is 9.96. The van der Waals surface area contributed by atoms with Crippen LogP contribution in [0.4, 0.5) is 4.39 Å². The lowest BCUT2D eigenvalue weighted by molar-refractivity contribution is -0.135. The Labute approximate surface area is 232 Å². The predicted octanol–water partition coefficient (Wildman–Crippen LogP) is 6.83. The highest BCUT2D eigenvalue weighted by atomic mass is 19.1. The fourth-order valence-corrected chi connectivity index (χ4v) is 5.32. The van der Waals surface area contributed by atoms with E-state index in [1.807, 2.05) is 48.4 Å². The number of carbonyl (C=O) groups is 2. The SMILES string of the molecule is Cc1ccc(C(=O)N(CCC(C)C)CC(=O)N(Cc2cccn2Cc2ccc(F)cc2)C2CCCCC2)cc1. The molecule has 1 aromatic heterocycles. The normalized spacial score (nSPS) is 14.0. The summed E-state index contributed by atoms with van der Waals surface area (Å²) in [4.78, 5) is 31.3. The Morgan fingerprint density at radius 3 is 2.33 bits per heavy atom. The van der Waals surface area contributed by atoms with Crippen LogP contribution in [0, 0.1) is 18.7 Å². The number of rotatable bonds is 11. The Bertz CT molecular complexity index is 1210. The molecule has 5 nitrogen and oxygen atoms in total. The summed E-state index contributed by atoms with van der Waals surface area (Å²) >= 11 is 0. The van der Waals surface area contributed by atoms with E-state index in [0.29, 0.717) is 31.1 Å². The van der Waals surface area contributed by atoms with E-state index in [0.717, 1.165) is 48.9 Å². The van der Waals surface area contributed by atoms with Gasteiger partial charge in [-0.15, -0.1) is 0 Å². The van der Waals surface area contributed by atoms with Gasteiger partial charge >= 0.3 is 0 Å². The predicted molar refractivity (Wildman–Crippen MR) is 154 cm³/mol. The van der Waals surface area contributed by atoms with Gasteiger partial charge in [0.15, 0.2) is 0 Å². The molecule has 0 radical (unpaired) electrons. The van der Waals surface area contributed by atoms with Crippen LogP contribution in [0.5, 0.6) is 0 Å². The molecule has 0 aliphatic heterocycles. The van der Waals surface area contributed by atoms with Crippen molar-refractivity contribution in [3.8, 4) is 0 Å². The quantitative estimate of drug-likeness (QED) is 0.272. The monoisotopic (exact) mass is 531 g/mol. The van der Waals surface area contributed by atoms with Gasteiger partial charge in [-0.1, -0.05) is 62.9 Å². The van der Waals surface area contributed by atoms with Crippen LogP contribution in [-0.2, 0) is 17.9 Å². The lowest BCUT2D eigenvalue weighted by Gasteiger charge is -2.36. The molecule has 1 saturated carbocycles. The summed E-state index contributed by atoms with van der Waals surface area (Å²) in [5, 5.41) is 0. The molecule has 2 aromatic carbocycles. The van der Waals surface area contributed by atoms with Crippen LogP contribution in [0.25, 0.3) is 0 Å². The van der Waals surface area contributed by atoms with E-state index in [1.54, 1.807) is 17.0 Å². The van der Waals surface area contributed by atoms with E-state index < -0.39 is 0 Å². The maximum absolute atomic E-state index is 14.0. The topological polar surface area (TPSA) is 45.6 Å². The zero-order valence-corrected chi connectivity index (χ0v) is 23.6. The van der Waals surface area contributed by atoms with E-state index in [1.165, 1.54) is 18.6 Å². The smallest absolute Gasteiger partial charge is 0.254 e. The van der Waals surface area contributed by atoms with Crippen LogP contribution >= 0.6 is 0 Å². The summed E-state index contributed by atoms with van der Waals surface area (Å²) in [5.41, 5.74) is 3.77. The molecule has 1 aliphatic rings. The largest absolute Gasteiger partial charge is 0.345 e. The van der Waals surface area contributed by atoms with Crippen molar-refractivity contribution in [2.45, 2.75) is 78.4 Å². The summed E-state index contributed by atoms with van der Waals surface area (Å²) in [6.07, 6.45) is 8.26. The van der Waals surface area contributed by atoms with Gasteiger partial charge in [-0.3, -0.25) is 9.59 Å².